The number of carbonyl (C=O) groups is 2. The van der Waals surface area contributed by atoms with Gasteiger partial charge >= 0.3 is 6.09 Å². The largest absolute Gasteiger partial charge is 0.457 e. The molecule has 5 rings (SSSR count). The Kier molecular flexibility index (Phi) is 7.20. The van der Waals surface area contributed by atoms with Crippen LogP contribution in [0, 0.1) is 0 Å². The normalized spacial score (nSPS) is 15.3. The van der Waals surface area contributed by atoms with Crippen LogP contribution in [0.4, 0.5) is 4.79 Å². The van der Waals surface area contributed by atoms with Crippen LogP contribution < -0.4 is 10.1 Å². The van der Waals surface area contributed by atoms with Crippen LogP contribution in [0.5, 0.6) is 11.5 Å². The zero-order chi connectivity index (χ0) is 27.6. The van der Waals surface area contributed by atoms with Crippen molar-refractivity contribution in [2.75, 3.05) is 26.5 Å². The zero-order valence-electron chi connectivity index (χ0n) is 21.4. The van der Waals surface area contributed by atoms with Gasteiger partial charge in [0.15, 0.2) is 22.3 Å². The number of aromatic amines is 1. The lowest BCUT2D eigenvalue weighted by atomic mass is 10.0. The maximum Gasteiger partial charge on any atom is 0.407 e. The number of aromatic nitrogens is 3. The fourth-order valence-corrected chi connectivity index (χ4v) is 5.21. The number of nitrogens with zero attached hydrogens (tertiary/aromatic N) is 3. The number of imidazole rings is 1. The van der Waals surface area contributed by atoms with E-state index in [4.69, 9.17) is 9.47 Å². The standard InChI is InChI=1S/C27H27N5O6S/c1-28-27(34)37-16-25(33)32-13-5-7-23(32)19-14-21-22(31-26(30-21)20-6-3-4-12-29-20)15-24(19)38-17-8-10-18(11-9-17)39(2,35)36/h3-4,6,8-12,14-15,23H,5,7,13,16H2,1-2H3,(H,28,34)(H,30,31). The molecule has 2 aromatic carbocycles. The Bertz CT molecular complexity index is 1620. The molecule has 2 amide bonds. The number of carbonyl (C=O) groups excluding carboxylic acids is 2. The molecule has 12 heteroatoms. The van der Waals surface area contributed by atoms with E-state index in [0.717, 1.165) is 23.8 Å². The average molecular weight is 550 g/mol. The molecule has 0 radical (unpaired) electrons. The Morgan fingerprint density at radius 1 is 1.15 bits per heavy atom. The number of alkyl carbamates (subject to hydrolysis) is 1. The predicted octanol–water partition coefficient (Wildman–Crippen LogP) is 3.84. The highest BCUT2D eigenvalue weighted by Gasteiger charge is 2.33. The maximum absolute atomic E-state index is 13.0. The summed E-state index contributed by atoms with van der Waals surface area (Å²) < 4.78 is 35.0. The van der Waals surface area contributed by atoms with Crippen molar-refractivity contribution in [2.24, 2.45) is 0 Å². The fraction of sp³-hybridized carbons (Fsp3) is 0.259. The molecule has 4 aromatic rings. The van der Waals surface area contributed by atoms with Gasteiger partial charge in [-0.1, -0.05) is 6.07 Å². The summed E-state index contributed by atoms with van der Waals surface area (Å²) in [5, 5.41) is 2.33. The molecule has 1 unspecified atom stereocenters. The number of sulfone groups is 1. The summed E-state index contributed by atoms with van der Waals surface area (Å²) in [5.41, 5.74) is 2.81. The Balaban J connectivity index is 1.53. The highest BCUT2D eigenvalue weighted by Crippen LogP contribution is 2.41. The third kappa shape index (κ3) is 5.70. The van der Waals surface area contributed by atoms with Gasteiger partial charge in [0.1, 0.15) is 17.2 Å². The van der Waals surface area contributed by atoms with Crippen LogP contribution in [0.1, 0.15) is 24.4 Å². The number of likely N-dealkylation sites (tertiary alicyclic amines) is 1. The first-order valence-electron chi connectivity index (χ1n) is 12.3. The number of H-pyrrole nitrogens is 1. The smallest absolute Gasteiger partial charge is 0.407 e. The quantitative estimate of drug-likeness (QED) is 0.354. The van der Waals surface area contributed by atoms with Gasteiger partial charge in [0.05, 0.1) is 22.0 Å². The molecule has 1 saturated heterocycles. The predicted molar refractivity (Wildman–Crippen MR) is 143 cm³/mol. The van der Waals surface area contributed by atoms with Crippen molar-refractivity contribution in [3.8, 4) is 23.0 Å². The second-order valence-corrected chi connectivity index (χ2v) is 11.1. The average Bonchev–Trinajstić information content (AvgIpc) is 3.58. The van der Waals surface area contributed by atoms with E-state index >= 15 is 0 Å². The molecule has 1 atom stereocenters. The third-order valence-corrected chi connectivity index (χ3v) is 7.59. The SMILES string of the molecule is CNC(=O)OCC(=O)N1CCCC1c1cc2[nH]c(-c3ccccn3)nc2cc1Oc1ccc(S(C)(=O)=O)cc1. The molecule has 1 fully saturated rings. The molecule has 0 saturated carbocycles. The van der Waals surface area contributed by atoms with E-state index in [-0.39, 0.29) is 23.5 Å². The number of rotatable bonds is 7. The van der Waals surface area contributed by atoms with Crippen LogP contribution in [-0.4, -0.2) is 66.7 Å². The minimum Gasteiger partial charge on any atom is -0.457 e. The molecule has 2 aromatic heterocycles. The Labute approximate surface area is 225 Å². The monoisotopic (exact) mass is 549 g/mol. The molecule has 1 aliphatic heterocycles. The van der Waals surface area contributed by atoms with Gasteiger partial charge in [-0.15, -0.1) is 0 Å². The van der Waals surface area contributed by atoms with Crippen LogP contribution >= 0.6 is 0 Å². The van der Waals surface area contributed by atoms with E-state index in [1.54, 1.807) is 29.3 Å². The van der Waals surface area contributed by atoms with Crippen molar-refractivity contribution in [1.82, 2.24) is 25.2 Å². The highest BCUT2D eigenvalue weighted by molar-refractivity contribution is 7.90. The van der Waals surface area contributed by atoms with E-state index in [2.05, 4.69) is 20.3 Å². The number of hydrogen-bond acceptors (Lipinski definition) is 8. The minimum absolute atomic E-state index is 0.182. The molecule has 3 heterocycles. The molecule has 202 valence electrons. The van der Waals surface area contributed by atoms with Crippen molar-refractivity contribution in [3.63, 3.8) is 0 Å². The van der Waals surface area contributed by atoms with Crippen LogP contribution in [0.3, 0.4) is 0 Å². The van der Waals surface area contributed by atoms with E-state index in [1.807, 2.05) is 24.3 Å². The lowest BCUT2D eigenvalue weighted by Crippen LogP contribution is -2.35. The Hall–Kier alpha value is -4.45. The van der Waals surface area contributed by atoms with Crippen LogP contribution in [0.2, 0.25) is 0 Å². The summed E-state index contributed by atoms with van der Waals surface area (Å²) >= 11 is 0. The van der Waals surface area contributed by atoms with Crippen molar-refractivity contribution in [3.05, 3.63) is 66.4 Å². The van der Waals surface area contributed by atoms with Crippen molar-refractivity contribution >= 4 is 32.9 Å². The summed E-state index contributed by atoms with van der Waals surface area (Å²) in [5.74, 6) is 1.18. The first-order chi connectivity index (χ1) is 18.7. The van der Waals surface area contributed by atoms with Crippen LogP contribution in [-0.2, 0) is 19.4 Å². The number of pyridine rings is 1. The van der Waals surface area contributed by atoms with E-state index in [0.29, 0.717) is 41.5 Å². The maximum atomic E-state index is 13.0. The first-order valence-corrected chi connectivity index (χ1v) is 14.2. The van der Waals surface area contributed by atoms with Gasteiger partial charge in [-0.3, -0.25) is 9.78 Å². The first kappa shape index (κ1) is 26.2. The molecular formula is C27H27N5O6S. The molecule has 1 aliphatic rings. The van der Waals surface area contributed by atoms with Crippen molar-refractivity contribution in [1.29, 1.82) is 0 Å². The molecule has 2 N–H and O–H groups in total. The molecule has 0 spiro atoms. The van der Waals surface area contributed by atoms with Crippen LogP contribution in [0.25, 0.3) is 22.6 Å². The lowest BCUT2D eigenvalue weighted by Gasteiger charge is -2.26. The molecule has 11 nitrogen and oxygen atoms in total. The Morgan fingerprint density at radius 2 is 1.95 bits per heavy atom. The summed E-state index contributed by atoms with van der Waals surface area (Å²) in [7, 11) is -1.93. The molecule has 0 bridgehead atoms. The summed E-state index contributed by atoms with van der Waals surface area (Å²) in [6.07, 6.45) is 3.60. The topological polar surface area (TPSA) is 144 Å². The fourth-order valence-electron chi connectivity index (χ4n) is 4.58. The van der Waals surface area contributed by atoms with Crippen LogP contribution in [0.15, 0.2) is 65.7 Å². The van der Waals surface area contributed by atoms with Crippen molar-refractivity contribution in [2.45, 2.75) is 23.8 Å². The summed E-state index contributed by atoms with van der Waals surface area (Å²) in [6.45, 7) is 0.124. The number of amides is 2. The van der Waals surface area contributed by atoms with Gasteiger partial charge in [0, 0.05) is 37.7 Å². The number of benzene rings is 2. The second-order valence-electron chi connectivity index (χ2n) is 9.12. The van der Waals surface area contributed by atoms with Gasteiger partial charge in [-0.05, 0) is 55.3 Å². The number of fused-ring (bicyclic) bond motifs is 1. The van der Waals surface area contributed by atoms with E-state index in [1.165, 1.54) is 19.2 Å². The van der Waals surface area contributed by atoms with Gasteiger partial charge in [0.25, 0.3) is 5.91 Å². The summed E-state index contributed by atoms with van der Waals surface area (Å²) in [6, 6.07) is 15.1. The number of hydrogen-bond donors (Lipinski definition) is 2. The molecule has 0 aliphatic carbocycles. The van der Waals surface area contributed by atoms with Gasteiger partial charge in [-0.25, -0.2) is 18.2 Å². The zero-order valence-corrected chi connectivity index (χ0v) is 22.2. The summed E-state index contributed by atoms with van der Waals surface area (Å²) in [4.78, 5) is 38.7. The van der Waals surface area contributed by atoms with Gasteiger partial charge < -0.3 is 24.7 Å². The van der Waals surface area contributed by atoms with Gasteiger partial charge in [-0.2, -0.15) is 0 Å². The number of ether oxygens (including phenoxy) is 2. The lowest BCUT2D eigenvalue weighted by molar-refractivity contribution is -0.135. The van der Waals surface area contributed by atoms with Crippen molar-refractivity contribution < 1.29 is 27.5 Å². The highest BCUT2D eigenvalue weighted by atomic mass is 32.2. The number of nitrogens with one attached hydrogen (secondary N) is 2. The van der Waals surface area contributed by atoms with E-state index in [9.17, 15) is 18.0 Å². The Morgan fingerprint density at radius 3 is 2.64 bits per heavy atom. The second kappa shape index (κ2) is 10.7. The van der Waals surface area contributed by atoms with Gasteiger partial charge in [0.2, 0.25) is 0 Å². The molecular weight excluding hydrogens is 522 g/mol. The third-order valence-electron chi connectivity index (χ3n) is 6.46. The van der Waals surface area contributed by atoms with E-state index < -0.39 is 15.9 Å². The minimum atomic E-state index is -3.36. The molecule has 39 heavy (non-hydrogen) atoms.